The van der Waals surface area contributed by atoms with E-state index in [0.717, 1.165) is 22.3 Å². The summed E-state index contributed by atoms with van der Waals surface area (Å²) in [5.41, 5.74) is 4.41. The number of amides is 2. The van der Waals surface area contributed by atoms with Crippen LogP contribution in [0.5, 0.6) is 0 Å². The van der Waals surface area contributed by atoms with Gasteiger partial charge in [-0.3, -0.25) is 9.59 Å². The molecule has 31 heavy (non-hydrogen) atoms. The van der Waals surface area contributed by atoms with Crippen LogP contribution >= 0.6 is 0 Å². The molecule has 4 aliphatic rings. The minimum Gasteiger partial charge on any atom is -0.478 e. The minimum atomic E-state index is -1.05. The van der Waals surface area contributed by atoms with Crippen molar-refractivity contribution in [2.24, 2.45) is 11.8 Å². The third-order valence-electron chi connectivity index (χ3n) is 7.42. The lowest BCUT2D eigenvalue weighted by Gasteiger charge is -2.52. The van der Waals surface area contributed by atoms with Crippen molar-refractivity contribution in [2.45, 2.75) is 18.3 Å². The van der Waals surface area contributed by atoms with Gasteiger partial charge in [0.15, 0.2) is 0 Å². The summed E-state index contributed by atoms with van der Waals surface area (Å²) in [4.78, 5) is 40.0. The average molecular weight is 409 g/mol. The molecule has 1 aliphatic heterocycles. The van der Waals surface area contributed by atoms with Gasteiger partial charge in [-0.2, -0.15) is 0 Å². The summed E-state index contributed by atoms with van der Waals surface area (Å²) in [5.74, 6) is -2.60. The van der Waals surface area contributed by atoms with Crippen LogP contribution in [0.1, 0.15) is 45.5 Å². The van der Waals surface area contributed by atoms with Crippen LogP contribution in [0.4, 0.5) is 5.69 Å². The molecule has 2 atom stereocenters. The van der Waals surface area contributed by atoms with Gasteiger partial charge in [-0.25, -0.2) is 9.69 Å². The number of carboxylic acid groups (broad SMARTS) is 1. The molecule has 5 heteroatoms. The van der Waals surface area contributed by atoms with Crippen molar-refractivity contribution in [3.05, 3.63) is 101 Å². The highest BCUT2D eigenvalue weighted by atomic mass is 16.4. The Labute approximate surface area is 178 Å². The number of nitrogens with zero attached hydrogens (tertiary/aromatic N) is 1. The van der Waals surface area contributed by atoms with Gasteiger partial charge in [-0.15, -0.1) is 0 Å². The largest absolute Gasteiger partial charge is 0.478 e. The number of imide groups is 1. The molecule has 1 N–H and O–H groups in total. The van der Waals surface area contributed by atoms with Gasteiger partial charge in [0.25, 0.3) is 0 Å². The second-order valence-corrected chi connectivity index (χ2v) is 8.72. The van der Waals surface area contributed by atoms with E-state index >= 15 is 0 Å². The van der Waals surface area contributed by atoms with Gasteiger partial charge < -0.3 is 5.11 Å². The summed E-state index contributed by atoms with van der Waals surface area (Å²) in [7, 11) is 0. The van der Waals surface area contributed by atoms with Crippen LogP contribution in [-0.2, 0) is 15.0 Å². The molecule has 0 spiro atoms. The van der Waals surface area contributed by atoms with Gasteiger partial charge in [0, 0.05) is 11.3 Å². The summed E-state index contributed by atoms with van der Waals surface area (Å²) < 4.78 is 0. The van der Waals surface area contributed by atoms with Gasteiger partial charge in [0.05, 0.1) is 23.1 Å². The summed E-state index contributed by atoms with van der Waals surface area (Å²) in [6, 6.07) is 22.2. The lowest BCUT2D eigenvalue weighted by molar-refractivity contribution is -0.123. The van der Waals surface area contributed by atoms with E-state index in [4.69, 9.17) is 0 Å². The van der Waals surface area contributed by atoms with Gasteiger partial charge in [-0.05, 0) is 46.5 Å². The third-order valence-corrected chi connectivity index (χ3v) is 7.42. The van der Waals surface area contributed by atoms with Crippen LogP contribution in [0.2, 0.25) is 0 Å². The Morgan fingerprint density at radius 3 is 1.94 bits per heavy atom. The van der Waals surface area contributed by atoms with Crippen LogP contribution < -0.4 is 4.90 Å². The third kappa shape index (κ3) is 2.08. The molecule has 7 rings (SSSR count). The van der Waals surface area contributed by atoms with Crippen LogP contribution in [-0.4, -0.2) is 22.9 Å². The van der Waals surface area contributed by atoms with Crippen molar-refractivity contribution in [1.29, 1.82) is 0 Å². The zero-order valence-electron chi connectivity index (χ0n) is 16.8. The van der Waals surface area contributed by atoms with E-state index in [1.807, 2.05) is 24.3 Å². The van der Waals surface area contributed by atoms with Crippen molar-refractivity contribution in [1.82, 2.24) is 0 Å². The number of benzene rings is 3. The standard InChI is InChI=1S/C26H19NO4/c1-26-18-8-4-2-6-16(18)20(17-7-3-5-9-19(17)26)21-22(26)24(29)27(23(21)28)15-12-10-14(11-13-15)25(30)31/h2-13,20-22H,1H3,(H,30,31)/t20?,21-,22-,26?/m1/s1. The number of anilines is 1. The van der Waals surface area contributed by atoms with Crippen LogP contribution in [0.15, 0.2) is 72.8 Å². The van der Waals surface area contributed by atoms with E-state index in [1.54, 1.807) is 12.1 Å². The quantitative estimate of drug-likeness (QED) is 0.651. The molecule has 3 aliphatic carbocycles. The second kappa shape index (κ2) is 5.91. The first kappa shape index (κ1) is 18.1. The fourth-order valence-corrected chi connectivity index (χ4v) is 6.16. The second-order valence-electron chi connectivity index (χ2n) is 8.72. The fourth-order valence-electron chi connectivity index (χ4n) is 6.16. The van der Waals surface area contributed by atoms with Gasteiger partial charge in [0.1, 0.15) is 0 Å². The highest BCUT2D eigenvalue weighted by Crippen LogP contribution is 2.64. The van der Waals surface area contributed by atoms with Crippen LogP contribution in [0, 0.1) is 11.8 Å². The molecule has 2 amide bonds. The molecule has 3 aromatic rings. The van der Waals surface area contributed by atoms with Gasteiger partial charge in [-0.1, -0.05) is 55.5 Å². The Morgan fingerprint density at radius 2 is 1.39 bits per heavy atom. The number of hydrogen-bond acceptors (Lipinski definition) is 3. The van der Waals surface area contributed by atoms with Crippen molar-refractivity contribution < 1.29 is 19.5 Å². The summed E-state index contributed by atoms with van der Waals surface area (Å²) in [5, 5.41) is 9.18. The zero-order chi connectivity index (χ0) is 21.5. The summed E-state index contributed by atoms with van der Waals surface area (Å²) in [6.45, 7) is 2.08. The van der Waals surface area contributed by atoms with Crippen molar-refractivity contribution >= 4 is 23.5 Å². The first-order valence-electron chi connectivity index (χ1n) is 10.3. The van der Waals surface area contributed by atoms with E-state index < -0.39 is 23.2 Å². The van der Waals surface area contributed by atoms with E-state index in [-0.39, 0.29) is 23.3 Å². The van der Waals surface area contributed by atoms with Crippen molar-refractivity contribution in [3.8, 4) is 0 Å². The number of carboxylic acids is 1. The maximum atomic E-state index is 13.8. The topological polar surface area (TPSA) is 74.7 Å². The molecule has 1 fully saturated rings. The van der Waals surface area contributed by atoms with E-state index in [0.29, 0.717) is 5.69 Å². The Kier molecular flexibility index (Phi) is 3.45. The molecule has 152 valence electrons. The molecule has 0 saturated carbocycles. The first-order chi connectivity index (χ1) is 14.9. The molecule has 0 unspecified atom stereocenters. The highest BCUT2D eigenvalue weighted by Gasteiger charge is 2.66. The van der Waals surface area contributed by atoms with Gasteiger partial charge >= 0.3 is 5.97 Å². The Hall–Kier alpha value is -3.73. The zero-order valence-corrected chi connectivity index (χ0v) is 16.8. The predicted molar refractivity (Wildman–Crippen MR) is 114 cm³/mol. The highest BCUT2D eigenvalue weighted by molar-refractivity contribution is 6.23. The molecular weight excluding hydrogens is 390 g/mol. The predicted octanol–water partition coefficient (Wildman–Crippen LogP) is 3.96. The van der Waals surface area contributed by atoms with E-state index in [2.05, 4.69) is 31.2 Å². The molecule has 5 nitrogen and oxygen atoms in total. The fraction of sp³-hybridized carbons (Fsp3) is 0.192. The molecular formula is C26H19NO4. The van der Waals surface area contributed by atoms with Crippen molar-refractivity contribution in [3.63, 3.8) is 0 Å². The van der Waals surface area contributed by atoms with E-state index in [9.17, 15) is 19.5 Å². The number of hydrogen-bond donors (Lipinski definition) is 1. The molecule has 2 bridgehead atoms. The van der Waals surface area contributed by atoms with Crippen molar-refractivity contribution in [2.75, 3.05) is 4.90 Å². The smallest absolute Gasteiger partial charge is 0.335 e. The molecule has 1 saturated heterocycles. The van der Waals surface area contributed by atoms with Gasteiger partial charge in [0.2, 0.25) is 11.8 Å². The van der Waals surface area contributed by atoms with E-state index in [1.165, 1.54) is 17.0 Å². The minimum absolute atomic E-state index is 0.118. The monoisotopic (exact) mass is 409 g/mol. The molecule has 3 aromatic carbocycles. The number of rotatable bonds is 2. The molecule has 0 aromatic heterocycles. The number of aromatic carboxylic acids is 1. The van der Waals surface area contributed by atoms with Crippen LogP contribution in [0.25, 0.3) is 0 Å². The average Bonchev–Trinajstić information content (AvgIpc) is 3.06. The molecule has 1 heterocycles. The van der Waals surface area contributed by atoms with Crippen LogP contribution in [0.3, 0.4) is 0 Å². The Bertz CT molecular complexity index is 1250. The first-order valence-corrected chi connectivity index (χ1v) is 10.3. The number of carbonyl (C=O) groups is 3. The molecule has 0 radical (unpaired) electrons. The lowest BCUT2D eigenvalue weighted by atomic mass is 9.48. The summed E-state index contributed by atoms with van der Waals surface area (Å²) >= 11 is 0. The SMILES string of the molecule is CC12c3ccccc3C(c3ccccc31)[C@H]1C(=O)N(c3ccc(C(=O)O)cc3)C(=O)[C@@H]12. The maximum absolute atomic E-state index is 13.8. The maximum Gasteiger partial charge on any atom is 0.335 e. The number of carbonyl (C=O) groups excluding carboxylic acids is 2. The summed E-state index contributed by atoms with van der Waals surface area (Å²) in [6.07, 6.45) is 0. The Balaban J connectivity index is 1.55. The lowest BCUT2D eigenvalue weighted by Crippen LogP contribution is -2.51. The Morgan fingerprint density at radius 1 is 0.839 bits per heavy atom. The normalized spacial score (nSPS) is 27.6.